The molecule has 0 unspecified atom stereocenters. The van der Waals surface area contributed by atoms with Crippen LogP contribution in [-0.2, 0) is 4.79 Å². The number of hydrogen-bond donors (Lipinski definition) is 2. The van der Waals surface area contributed by atoms with Gasteiger partial charge in [-0.2, -0.15) is 0 Å². The number of anilines is 1. The number of carboxylic acids is 1. The number of thiazole rings is 1. The summed E-state index contributed by atoms with van der Waals surface area (Å²) in [6.45, 7) is 4.30. The summed E-state index contributed by atoms with van der Waals surface area (Å²) in [5, 5.41) is 14.4. The van der Waals surface area contributed by atoms with Gasteiger partial charge in [-0.1, -0.05) is 6.92 Å². The van der Waals surface area contributed by atoms with Gasteiger partial charge < -0.3 is 20.2 Å². The molecular formula is C12H18N4O3S. The van der Waals surface area contributed by atoms with Crippen LogP contribution in [0.15, 0.2) is 11.6 Å². The number of carboxylic acid groups (broad SMARTS) is 1. The number of aliphatic carboxylic acids is 1. The maximum absolute atomic E-state index is 12.0. The molecule has 2 N–H and O–H groups in total. The van der Waals surface area contributed by atoms with Crippen molar-refractivity contribution >= 4 is 28.5 Å². The first-order chi connectivity index (χ1) is 9.61. The number of rotatable bonds is 4. The van der Waals surface area contributed by atoms with Gasteiger partial charge in [0.25, 0.3) is 0 Å². The SMILES string of the molecule is CC[C@@H](NC(=O)N1CCN(c2nccs2)CC1)C(=O)O. The molecule has 2 rings (SSSR count). The average Bonchev–Trinajstić information content (AvgIpc) is 2.98. The van der Waals surface area contributed by atoms with Gasteiger partial charge in [0.05, 0.1) is 0 Å². The molecule has 0 aliphatic carbocycles. The number of hydrogen-bond acceptors (Lipinski definition) is 5. The summed E-state index contributed by atoms with van der Waals surface area (Å²) in [4.78, 5) is 30.9. The number of piperazine rings is 1. The van der Waals surface area contributed by atoms with Gasteiger partial charge in [0.15, 0.2) is 5.13 Å². The molecule has 1 saturated heterocycles. The van der Waals surface area contributed by atoms with Crippen LogP contribution < -0.4 is 10.2 Å². The molecule has 0 saturated carbocycles. The molecule has 0 spiro atoms. The largest absolute Gasteiger partial charge is 0.480 e. The Bertz CT molecular complexity index is 457. The van der Waals surface area contributed by atoms with Gasteiger partial charge in [-0.05, 0) is 6.42 Å². The van der Waals surface area contributed by atoms with Crippen molar-refractivity contribution in [1.82, 2.24) is 15.2 Å². The summed E-state index contributed by atoms with van der Waals surface area (Å²) in [5.74, 6) is -0.998. The highest BCUT2D eigenvalue weighted by Crippen LogP contribution is 2.18. The van der Waals surface area contributed by atoms with Crippen molar-refractivity contribution in [2.45, 2.75) is 19.4 Å². The van der Waals surface area contributed by atoms with Gasteiger partial charge in [0.2, 0.25) is 0 Å². The molecule has 0 aromatic carbocycles. The highest BCUT2D eigenvalue weighted by atomic mass is 32.1. The maximum Gasteiger partial charge on any atom is 0.326 e. The van der Waals surface area contributed by atoms with Crippen LogP contribution in [0.1, 0.15) is 13.3 Å². The molecule has 7 nitrogen and oxygen atoms in total. The quantitative estimate of drug-likeness (QED) is 0.860. The summed E-state index contributed by atoms with van der Waals surface area (Å²) in [6.07, 6.45) is 2.14. The van der Waals surface area contributed by atoms with Crippen LogP contribution in [0.25, 0.3) is 0 Å². The highest BCUT2D eigenvalue weighted by Gasteiger charge is 2.25. The van der Waals surface area contributed by atoms with Crippen molar-refractivity contribution in [3.05, 3.63) is 11.6 Å². The number of urea groups is 1. The third kappa shape index (κ3) is 3.38. The minimum atomic E-state index is -0.998. The van der Waals surface area contributed by atoms with Gasteiger partial charge in [-0.3, -0.25) is 0 Å². The topological polar surface area (TPSA) is 85.8 Å². The molecule has 0 bridgehead atoms. The zero-order valence-corrected chi connectivity index (χ0v) is 12.1. The van der Waals surface area contributed by atoms with E-state index in [0.717, 1.165) is 5.13 Å². The standard InChI is InChI=1S/C12H18N4O3S/c1-2-9(10(17)18)14-11(19)15-4-6-16(7-5-15)12-13-3-8-20-12/h3,8-9H,2,4-7H2,1H3,(H,14,19)(H,17,18)/t9-/m1/s1. The molecule has 1 atom stereocenters. The van der Waals surface area contributed by atoms with Gasteiger partial charge in [-0.15, -0.1) is 11.3 Å². The van der Waals surface area contributed by atoms with Crippen molar-refractivity contribution in [2.75, 3.05) is 31.1 Å². The zero-order chi connectivity index (χ0) is 14.5. The fourth-order valence-electron chi connectivity index (χ4n) is 2.05. The number of carbonyl (C=O) groups is 2. The van der Waals surface area contributed by atoms with Crippen LogP contribution in [0.4, 0.5) is 9.93 Å². The predicted molar refractivity (Wildman–Crippen MR) is 76.1 cm³/mol. The molecule has 0 radical (unpaired) electrons. The van der Waals surface area contributed by atoms with Crippen molar-refractivity contribution in [2.24, 2.45) is 0 Å². The van der Waals surface area contributed by atoms with E-state index in [2.05, 4.69) is 15.2 Å². The van der Waals surface area contributed by atoms with Gasteiger partial charge in [0, 0.05) is 37.8 Å². The van der Waals surface area contributed by atoms with E-state index in [1.165, 1.54) is 0 Å². The second-order valence-corrected chi connectivity index (χ2v) is 5.41. The second-order valence-electron chi connectivity index (χ2n) is 4.54. The lowest BCUT2D eigenvalue weighted by atomic mass is 10.2. The number of aromatic nitrogens is 1. The van der Waals surface area contributed by atoms with Gasteiger partial charge in [-0.25, -0.2) is 14.6 Å². The Morgan fingerprint density at radius 1 is 1.45 bits per heavy atom. The van der Waals surface area contributed by atoms with Crippen LogP contribution in [0, 0.1) is 0 Å². The van der Waals surface area contributed by atoms with Crippen LogP contribution in [0.3, 0.4) is 0 Å². The Kier molecular flexibility index (Phi) is 4.78. The van der Waals surface area contributed by atoms with E-state index in [0.29, 0.717) is 32.6 Å². The van der Waals surface area contributed by atoms with E-state index >= 15 is 0 Å². The molecule has 1 aliphatic heterocycles. The third-order valence-electron chi connectivity index (χ3n) is 3.26. The molecule has 8 heteroatoms. The van der Waals surface area contributed by atoms with Crippen LogP contribution in [0.2, 0.25) is 0 Å². The summed E-state index contributed by atoms with van der Waals surface area (Å²) in [7, 11) is 0. The minimum Gasteiger partial charge on any atom is -0.480 e. The Hall–Kier alpha value is -1.83. The fraction of sp³-hybridized carbons (Fsp3) is 0.583. The molecule has 1 aromatic rings. The van der Waals surface area contributed by atoms with E-state index in [4.69, 9.17) is 5.11 Å². The predicted octanol–water partition coefficient (Wildman–Crippen LogP) is 0.838. The Balaban J connectivity index is 1.84. The number of amides is 2. The number of nitrogens with one attached hydrogen (secondary N) is 1. The molecule has 1 aromatic heterocycles. The Labute approximate surface area is 121 Å². The van der Waals surface area contributed by atoms with Crippen LogP contribution >= 0.6 is 11.3 Å². The number of carbonyl (C=O) groups excluding carboxylic acids is 1. The van der Waals surface area contributed by atoms with Crippen LogP contribution in [0.5, 0.6) is 0 Å². The van der Waals surface area contributed by atoms with E-state index in [9.17, 15) is 9.59 Å². The van der Waals surface area contributed by atoms with Crippen molar-refractivity contribution in [3.63, 3.8) is 0 Å². The third-order valence-corrected chi connectivity index (χ3v) is 4.09. The van der Waals surface area contributed by atoms with E-state index < -0.39 is 12.0 Å². The minimum absolute atomic E-state index is 0.307. The molecule has 2 amide bonds. The van der Waals surface area contributed by atoms with E-state index in [1.54, 1.807) is 29.4 Å². The molecular weight excluding hydrogens is 280 g/mol. The van der Waals surface area contributed by atoms with E-state index in [-0.39, 0.29) is 6.03 Å². The molecule has 1 aliphatic rings. The highest BCUT2D eigenvalue weighted by molar-refractivity contribution is 7.13. The Morgan fingerprint density at radius 3 is 2.65 bits per heavy atom. The lowest BCUT2D eigenvalue weighted by Gasteiger charge is -2.35. The molecule has 1 fully saturated rings. The van der Waals surface area contributed by atoms with Crippen molar-refractivity contribution in [1.29, 1.82) is 0 Å². The molecule has 110 valence electrons. The summed E-state index contributed by atoms with van der Waals surface area (Å²) < 4.78 is 0. The average molecular weight is 298 g/mol. The fourth-order valence-corrected chi connectivity index (χ4v) is 2.75. The molecule has 20 heavy (non-hydrogen) atoms. The summed E-state index contributed by atoms with van der Waals surface area (Å²) in [5.41, 5.74) is 0. The maximum atomic E-state index is 12.0. The first-order valence-electron chi connectivity index (χ1n) is 6.54. The smallest absolute Gasteiger partial charge is 0.326 e. The van der Waals surface area contributed by atoms with Gasteiger partial charge >= 0.3 is 12.0 Å². The first-order valence-corrected chi connectivity index (χ1v) is 7.42. The van der Waals surface area contributed by atoms with Crippen molar-refractivity contribution < 1.29 is 14.7 Å². The van der Waals surface area contributed by atoms with E-state index in [1.807, 2.05) is 5.38 Å². The second kappa shape index (κ2) is 6.56. The first kappa shape index (κ1) is 14.6. The van der Waals surface area contributed by atoms with Crippen molar-refractivity contribution in [3.8, 4) is 0 Å². The Morgan fingerprint density at radius 2 is 2.15 bits per heavy atom. The zero-order valence-electron chi connectivity index (χ0n) is 11.3. The number of nitrogens with zero attached hydrogens (tertiary/aromatic N) is 3. The molecule has 2 heterocycles. The summed E-state index contributed by atoms with van der Waals surface area (Å²) >= 11 is 1.58. The lowest BCUT2D eigenvalue weighted by molar-refractivity contribution is -0.139. The summed E-state index contributed by atoms with van der Waals surface area (Å²) in [6, 6.07) is -1.13. The lowest BCUT2D eigenvalue weighted by Crippen LogP contribution is -2.54. The monoisotopic (exact) mass is 298 g/mol. The van der Waals surface area contributed by atoms with Crippen LogP contribution in [-0.4, -0.2) is 59.2 Å². The van der Waals surface area contributed by atoms with Gasteiger partial charge in [0.1, 0.15) is 6.04 Å². The normalized spacial score (nSPS) is 16.9.